The van der Waals surface area contributed by atoms with Gasteiger partial charge in [0.05, 0.1) is 12.7 Å². The maximum absolute atomic E-state index is 11.9. The third-order valence-electron chi connectivity index (χ3n) is 3.37. The number of carbonyl (C=O) groups excluding carboxylic acids is 2. The molecule has 5 heteroatoms. The Hall–Kier alpha value is -2.04. The lowest BCUT2D eigenvalue weighted by Gasteiger charge is -2.17. The first-order chi connectivity index (χ1) is 9.85. The zero-order valence-corrected chi connectivity index (χ0v) is 13.2. The molecule has 0 spiro atoms. The van der Waals surface area contributed by atoms with E-state index in [4.69, 9.17) is 9.47 Å². The van der Waals surface area contributed by atoms with Crippen molar-refractivity contribution < 1.29 is 19.1 Å². The number of rotatable bonds is 6. The van der Waals surface area contributed by atoms with Crippen molar-refractivity contribution in [3.63, 3.8) is 0 Å². The van der Waals surface area contributed by atoms with E-state index >= 15 is 0 Å². The molecule has 5 nitrogen and oxygen atoms in total. The van der Waals surface area contributed by atoms with Crippen molar-refractivity contribution >= 4 is 11.9 Å². The zero-order chi connectivity index (χ0) is 16.0. The summed E-state index contributed by atoms with van der Waals surface area (Å²) in [6.45, 7) is 7.53. The third kappa shape index (κ3) is 5.10. The standard InChI is InChI=1S/C16H23NO4/c1-10(2)12(4)17-15(18)9-21-16(19)13-7-6-11(3)14(8-13)20-5/h6-8,10,12H,9H2,1-5H3,(H,17,18)/t12-/m0/s1. The molecule has 1 rings (SSSR count). The van der Waals surface area contributed by atoms with Gasteiger partial charge < -0.3 is 14.8 Å². The number of nitrogens with one attached hydrogen (secondary N) is 1. The minimum absolute atomic E-state index is 0.0377. The topological polar surface area (TPSA) is 64.6 Å². The summed E-state index contributed by atoms with van der Waals surface area (Å²) in [7, 11) is 1.54. The predicted molar refractivity (Wildman–Crippen MR) is 80.5 cm³/mol. The molecule has 1 atom stereocenters. The van der Waals surface area contributed by atoms with E-state index in [1.165, 1.54) is 7.11 Å². The minimum Gasteiger partial charge on any atom is -0.496 e. The van der Waals surface area contributed by atoms with E-state index in [2.05, 4.69) is 5.32 Å². The van der Waals surface area contributed by atoms with Crippen LogP contribution in [0.2, 0.25) is 0 Å². The Kier molecular flexibility index (Phi) is 6.21. The highest BCUT2D eigenvalue weighted by atomic mass is 16.5. The molecular formula is C16H23NO4. The second kappa shape index (κ2) is 7.67. The van der Waals surface area contributed by atoms with Gasteiger partial charge in [-0.3, -0.25) is 4.79 Å². The van der Waals surface area contributed by atoms with Gasteiger partial charge >= 0.3 is 5.97 Å². The smallest absolute Gasteiger partial charge is 0.338 e. The van der Waals surface area contributed by atoms with E-state index in [0.29, 0.717) is 17.2 Å². The number of hydrogen-bond donors (Lipinski definition) is 1. The van der Waals surface area contributed by atoms with Crippen molar-refractivity contribution in [2.45, 2.75) is 33.7 Å². The first-order valence-electron chi connectivity index (χ1n) is 6.96. The van der Waals surface area contributed by atoms with Crippen molar-refractivity contribution in [3.05, 3.63) is 29.3 Å². The molecule has 116 valence electrons. The number of methoxy groups -OCH3 is 1. The Morgan fingerprint density at radius 1 is 1.24 bits per heavy atom. The van der Waals surface area contributed by atoms with Gasteiger partial charge in [0.15, 0.2) is 6.61 Å². The minimum atomic E-state index is -0.541. The zero-order valence-electron chi connectivity index (χ0n) is 13.2. The van der Waals surface area contributed by atoms with Crippen molar-refractivity contribution in [2.75, 3.05) is 13.7 Å². The van der Waals surface area contributed by atoms with Crippen LogP contribution in [0.4, 0.5) is 0 Å². The molecule has 0 fully saturated rings. The van der Waals surface area contributed by atoms with Crippen LogP contribution >= 0.6 is 0 Å². The normalized spacial score (nSPS) is 11.9. The number of hydrogen-bond acceptors (Lipinski definition) is 4. The van der Waals surface area contributed by atoms with E-state index in [9.17, 15) is 9.59 Å². The van der Waals surface area contributed by atoms with E-state index in [0.717, 1.165) is 5.56 Å². The van der Waals surface area contributed by atoms with Crippen molar-refractivity contribution in [3.8, 4) is 5.75 Å². The molecule has 1 aromatic rings. The fraction of sp³-hybridized carbons (Fsp3) is 0.500. The fourth-order valence-electron chi connectivity index (χ4n) is 1.62. The van der Waals surface area contributed by atoms with Crippen LogP contribution in [0.25, 0.3) is 0 Å². The maximum Gasteiger partial charge on any atom is 0.338 e. The monoisotopic (exact) mass is 293 g/mol. The van der Waals surface area contributed by atoms with E-state index in [-0.39, 0.29) is 18.6 Å². The SMILES string of the molecule is COc1cc(C(=O)OCC(=O)N[C@@H](C)C(C)C)ccc1C. The van der Waals surface area contributed by atoms with E-state index in [1.807, 2.05) is 27.7 Å². The molecule has 0 saturated heterocycles. The average Bonchev–Trinajstić information content (AvgIpc) is 2.45. The van der Waals surface area contributed by atoms with Gasteiger partial charge in [-0.25, -0.2) is 4.79 Å². The van der Waals surface area contributed by atoms with Crippen LogP contribution in [0.3, 0.4) is 0 Å². The Bertz CT molecular complexity index is 511. The van der Waals surface area contributed by atoms with Crippen LogP contribution in [0.15, 0.2) is 18.2 Å². The van der Waals surface area contributed by atoms with Crippen molar-refractivity contribution in [1.82, 2.24) is 5.32 Å². The molecule has 0 aromatic heterocycles. The first kappa shape index (κ1) is 17.0. The van der Waals surface area contributed by atoms with Gasteiger partial charge in [0.25, 0.3) is 5.91 Å². The summed E-state index contributed by atoms with van der Waals surface area (Å²) in [4.78, 5) is 23.5. The Labute approximate surface area is 125 Å². The molecule has 1 aromatic carbocycles. The number of ether oxygens (including phenoxy) is 2. The van der Waals surface area contributed by atoms with Gasteiger partial charge in [0.2, 0.25) is 0 Å². The van der Waals surface area contributed by atoms with Crippen LogP contribution in [-0.4, -0.2) is 31.6 Å². The first-order valence-corrected chi connectivity index (χ1v) is 6.96. The van der Waals surface area contributed by atoms with E-state index < -0.39 is 5.97 Å². The summed E-state index contributed by atoms with van der Waals surface area (Å²) in [6.07, 6.45) is 0. The summed E-state index contributed by atoms with van der Waals surface area (Å²) < 4.78 is 10.2. The van der Waals surface area contributed by atoms with Crippen LogP contribution in [0, 0.1) is 12.8 Å². The van der Waals surface area contributed by atoms with Gasteiger partial charge in [-0.2, -0.15) is 0 Å². The highest BCUT2D eigenvalue weighted by Gasteiger charge is 2.14. The van der Waals surface area contributed by atoms with Gasteiger partial charge in [-0.15, -0.1) is 0 Å². The Morgan fingerprint density at radius 3 is 2.48 bits per heavy atom. The number of benzene rings is 1. The Morgan fingerprint density at radius 2 is 1.90 bits per heavy atom. The molecule has 0 bridgehead atoms. The molecule has 0 saturated carbocycles. The molecule has 0 radical (unpaired) electrons. The average molecular weight is 293 g/mol. The summed E-state index contributed by atoms with van der Waals surface area (Å²) in [6, 6.07) is 5.06. The molecular weight excluding hydrogens is 270 g/mol. The Balaban J connectivity index is 2.56. The predicted octanol–water partition coefficient (Wildman–Crippen LogP) is 2.32. The van der Waals surface area contributed by atoms with Crippen LogP contribution in [0.1, 0.15) is 36.7 Å². The number of carbonyl (C=O) groups is 2. The van der Waals surface area contributed by atoms with Gasteiger partial charge in [-0.1, -0.05) is 19.9 Å². The van der Waals surface area contributed by atoms with Crippen molar-refractivity contribution in [1.29, 1.82) is 0 Å². The molecule has 0 aliphatic heterocycles. The lowest BCUT2D eigenvalue weighted by atomic mass is 10.1. The number of aryl methyl sites for hydroxylation is 1. The molecule has 0 heterocycles. The second-order valence-electron chi connectivity index (χ2n) is 5.36. The molecule has 21 heavy (non-hydrogen) atoms. The summed E-state index contributed by atoms with van der Waals surface area (Å²) >= 11 is 0. The van der Waals surface area contributed by atoms with Crippen molar-refractivity contribution in [2.24, 2.45) is 5.92 Å². The van der Waals surface area contributed by atoms with Crippen LogP contribution < -0.4 is 10.1 Å². The maximum atomic E-state index is 11.9. The van der Waals surface area contributed by atoms with Gasteiger partial charge in [0, 0.05) is 6.04 Å². The highest BCUT2D eigenvalue weighted by Crippen LogP contribution is 2.19. The molecule has 0 aliphatic carbocycles. The molecule has 0 unspecified atom stereocenters. The second-order valence-corrected chi connectivity index (χ2v) is 5.36. The summed E-state index contributed by atoms with van der Waals surface area (Å²) in [5.74, 6) is 0.0950. The third-order valence-corrected chi connectivity index (χ3v) is 3.37. The fourth-order valence-corrected chi connectivity index (χ4v) is 1.62. The van der Waals surface area contributed by atoms with E-state index in [1.54, 1.807) is 18.2 Å². The molecule has 0 aliphatic rings. The lowest BCUT2D eigenvalue weighted by Crippen LogP contribution is -2.38. The number of esters is 1. The van der Waals surface area contributed by atoms with Gasteiger partial charge in [0.1, 0.15) is 5.75 Å². The molecule has 1 amide bonds. The molecule has 1 N–H and O–H groups in total. The highest BCUT2D eigenvalue weighted by molar-refractivity contribution is 5.91. The quantitative estimate of drug-likeness (QED) is 0.818. The number of amides is 1. The summed E-state index contributed by atoms with van der Waals surface area (Å²) in [5, 5.41) is 2.78. The summed E-state index contributed by atoms with van der Waals surface area (Å²) in [5.41, 5.74) is 1.29. The van der Waals surface area contributed by atoms with Crippen LogP contribution in [0.5, 0.6) is 5.75 Å². The lowest BCUT2D eigenvalue weighted by molar-refractivity contribution is -0.125. The largest absolute Gasteiger partial charge is 0.496 e. The van der Waals surface area contributed by atoms with Crippen LogP contribution in [-0.2, 0) is 9.53 Å². The van der Waals surface area contributed by atoms with Gasteiger partial charge in [-0.05, 0) is 37.5 Å².